The van der Waals surface area contributed by atoms with Crippen LogP contribution in [0.25, 0.3) is 0 Å². The molecule has 6 heteroatoms. The fourth-order valence-electron chi connectivity index (χ4n) is 5.41. The van der Waals surface area contributed by atoms with E-state index in [9.17, 15) is 14.4 Å². The van der Waals surface area contributed by atoms with E-state index in [1.165, 1.54) is 6.42 Å². The lowest BCUT2D eigenvalue weighted by atomic mass is 9.82. The van der Waals surface area contributed by atoms with Crippen LogP contribution in [-0.4, -0.2) is 34.4 Å². The molecule has 3 heterocycles. The molecule has 1 saturated heterocycles. The lowest BCUT2D eigenvalue weighted by Gasteiger charge is -2.43. The van der Waals surface area contributed by atoms with E-state index in [1.54, 1.807) is 6.07 Å². The van der Waals surface area contributed by atoms with Crippen molar-refractivity contribution in [3.05, 3.63) is 28.2 Å². The van der Waals surface area contributed by atoms with E-state index >= 15 is 0 Å². The van der Waals surface area contributed by atoms with Gasteiger partial charge in [-0.1, -0.05) is 40.0 Å². The number of carbonyl (C=O) groups is 2. The van der Waals surface area contributed by atoms with Crippen molar-refractivity contribution in [2.45, 2.75) is 78.2 Å². The number of rotatable bonds is 3. The van der Waals surface area contributed by atoms with Gasteiger partial charge in [-0.05, 0) is 42.7 Å². The predicted octanol–water partition coefficient (Wildman–Crippen LogP) is 3.75. The van der Waals surface area contributed by atoms with Crippen LogP contribution >= 0.6 is 0 Å². The largest absolute Gasteiger partial charge is 0.342 e. The van der Waals surface area contributed by atoms with Crippen molar-refractivity contribution in [1.29, 1.82) is 0 Å². The van der Waals surface area contributed by atoms with E-state index in [1.807, 2.05) is 15.5 Å². The summed E-state index contributed by atoms with van der Waals surface area (Å²) in [4.78, 5) is 40.5. The standard InChI is InChI=1S/C24H35N3O3/c1-24(2,3)12-21(28)26-13-16-11-18(15-26)20-10-9-19(23(30)27(20)14-16)25-22(29)17-7-5-4-6-8-17/h9-10,16-18H,4-8,11-15H2,1-3H3,(H,25,29)/t16-,18-/m1/s1. The number of carbonyl (C=O) groups excluding carboxylic acids is 2. The number of piperidine rings is 1. The van der Waals surface area contributed by atoms with Gasteiger partial charge in [0.25, 0.3) is 5.56 Å². The van der Waals surface area contributed by atoms with Gasteiger partial charge in [0.15, 0.2) is 0 Å². The second kappa shape index (κ2) is 8.20. The number of pyridine rings is 1. The van der Waals surface area contributed by atoms with Crippen LogP contribution in [0.4, 0.5) is 5.69 Å². The molecule has 4 rings (SSSR count). The third-order valence-electron chi connectivity index (χ3n) is 6.87. The lowest BCUT2D eigenvalue weighted by molar-refractivity contribution is -0.135. The number of hydrogen-bond acceptors (Lipinski definition) is 3. The summed E-state index contributed by atoms with van der Waals surface area (Å²) < 4.78 is 1.85. The van der Waals surface area contributed by atoms with E-state index in [-0.39, 0.29) is 34.6 Å². The summed E-state index contributed by atoms with van der Waals surface area (Å²) >= 11 is 0. The van der Waals surface area contributed by atoms with Crippen molar-refractivity contribution in [1.82, 2.24) is 9.47 Å². The Morgan fingerprint density at radius 3 is 2.50 bits per heavy atom. The quantitative estimate of drug-likeness (QED) is 0.820. The fraction of sp³-hybridized carbons (Fsp3) is 0.708. The highest BCUT2D eigenvalue weighted by atomic mass is 16.2. The molecule has 6 nitrogen and oxygen atoms in total. The van der Waals surface area contributed by atoms with Crippen molar-refractivity contribution in [2.75, 3.05) is 18.4 Å². The van der Waals surface area contributed by atoms with Gasteiger partial charge >= 0.3 is 0 Å². The van der Waals surface area contributed by atoms with Crippen molar-refractivity contribution in [2.24, 2.45) is 17.3 Å². The highest BCUT2D eigenvalue weighted by Crippen LogP contribution is 2.36. The van der Waals surface area contributed by atoms with Gasteiger partial charge in [0.1, 0.15) is 5.69 Å². The van der Waals surface area contributed by atoms with Gasteiger partial charge in [-0.2, -0.15) is 0 Å². The van der Waals surface area contributed by atoms with Crippen molar-refractivity contribution in [3.63, 3.8) is 0 Å². The fourth-order valence-corrected chi connectivity index (χ4v) is 5.41. The van der Waals surface area contributed by atoms with Gasteiger partial charge in [-0.25, -0.2) is 0 Å². The second-order valence-electron chi connectivity index (χ2n) is 10.7. The summed E-state index contributed by atoms with van der Waals surface area (Å²) in [5.74, 6) is 0.715. The summed E-state index contributed by atoms with van der Waals surface area (Å²) in [5.41, 5.74) is 1.28. The zero-order valence-electron chi connectivity index (χ0n) is 18.6. The van der Waals surface area contributed by atoms with Crippen LogP contribution < -0.4 is 10.9 Å². The molecule has 1 N–H and O–H groups in total. The molecule has 3 aliphatic rings. The first kappa shape index (κ1) is 21.1. The summed E-state index contributed by atoms with van der Waals surface area (Å²) in [5, 5.41) is 2.91. The molecule has 2 atom stereocenters. The van der Waals surface area contributed by atoms with Crippen LogP contribution in [0.1, 0.15) is 77.3 Å². The molecule has 2 fully saturated rings. The Kier molecular flexibility index (Phi) is 5.78. The van der Waals surface area contributed by atoms with Crippen molar-refractivity contribution < 1.29 is 9.59 Å². The summed E-state index contributed by atoms with van der Waals surface area (Å²) in [6.07, 6.45) is 6.78. The minimum Gasteiger partial charge on any atom is -0.342 e. The maximum atomic E-state index is 13.1. The molecule has 30 heavy (non-hydrogen) atoms. The van der Waals surface area contributed by atoms with Gasteiger partial charge in [-0.3, -0.25) is 14.4 Å². The topological polar surface area (TPSA) is 71.4 Å². The van der Waals surface area contributed by atoms with Crippen LogP contribution in [0.5, 0.6) is 0 Å². The lowest BCUT2D eigenvalue weighted by Crippen LogP contribution is -2.49. The number of amides is 2. The molecule has 1 saturated carbocycles. The van der Waals surface area contributed by atoms with Crippen LogP contribution in [0.2, 0.25) is 0 Å². The molecule has 1 aromatic rings. The summed E-state index contributed by atoms with van der Waals surface area (Å²) in [7, 11) is 0. The maximum absolute atomic E-state index is 13.1. The van der Waals surface area contributed by atoms with E-state index in [0.717, 1.165) is 44.3 Å². The third-order valence-corrected chi connectivity index (χ3v) is 6.87. The van der Waals surface area contributed by atoms with Crippen molar-refractivity contribution in [3.8, 4) is 0 Å². The smallest absolute Gasteiger partial charge is 0.274 e. The first-order valence-electron chi connectivity index (χ1n) is 11.5. The Balaban J connectivity index is 1.50. The van der Waals surface area contributed by atoms with Crippen LogP contribution in [0.15, 0.2) is 16.9 Å². The number of fused-ring (bicyclic) bond motifs is 4. The number of likely N-dealkylation sites (tertiary alicyclic amines) is 1. The van der Waals surface area contributed by atoms with Gasteiger partial charge in [0.05, 0.1) is 0 Å². The normalized spacial score (nSPS) is 24.3. The van der Waals surface area contributed by atoms with Crippen molar-refractivity contribution >= 4 is 17.5 Å². The molecule has 1 aromatic heterocycles. The number of nitrogens with zero attached hydrogens (tertiary/aromatic N) is 2. The van der Waals surface area contributed by atoms with Gasteiger partial charge in [0, 0.05) is 43.6 Å². The highest BCUT2D eigenvalue weighted by Gasteiger charge is 2.37. The van der Waals surface area contributed by atoms with Crippen LogP contribution in [0.3, 0.4) is 0 Å². The van der Waals surface area contributed by atoms with E-state index in [2.05, 4.69) is 26.1 Å². The Hall–Kier alpha value is -2.11. The first-order chi connectivity index (χ1) is 14.2. The molecule has 2 aliphatic heterocycles. The molecular weight excluding hydrogens is 378 g/mol. The first-order valence-corrected chi connectivity index (χ1v) is 11.5. The molecule has 0 unspecified atom stereocenters. The molecule has 1 aliphatic carbocycles. The van der Waals surface area contributed by atoms with Crippen LogP contribution in [0, 0.1) is 17.3 Å². The zero-order valence-corrected chi connectivity index (χ0v) is 18.6. The average Bonchev–Trinajstić information content (AvgIpc) is 2.69. The Morgan fingerprint density at radius 2 is 1.80 bits per heavy atom. The molecule has 2 amide bonds. The van der Waals surface area contributed by atoms with E-state index in [0.29, 0.717) is 31.1 Å². The molecule has 0 spiro atoms. The summed E-state index contributed by atoms with van der Waals surface area (Å²) in [6.45, 7) is 8.29. The minimum absolute atomic E-state index is 0.0118. The molecular formula is C24H35N3O3. The SMILES string of the molecule is CC(C)(C)CC(=O)N1C[C@H]2C[C@H](C1)c1ccc(NC(=O)C3CCCCC3)c(=O)n1C2. The molecule has 0 aromatic carbocycles. The van der Waals surface area contributed by atoms with Gasteiger partial charge in [-0.15, -0.1) is 0 Å². The molecule has 164 valence electrons. The molecule has 2 bridgehead atoms. The Bertz CT molecular complexity index is 877. The second-order valence-corrected chi connectivity index (χ2v) is 10.7. The van der Waals surface area contributed by atoms with E-state index in [4.69, 9.17) is 0 Å². The van der Waals surface area contributed by atoms with Crippen LogP contribution in [-0.2, 0) is 16.1 Å². The monoisotopic (exact) mass is 413 g/mol. The highest BCUT2D eigenvalue weighted by molar-refractivity contribution is 5.92. The number of anilines is 1. The number of nitrogens with one attached hydrogen (secondary N) is 1. The molecule has 0 radical (unpaired) electrons. The average molecular weight is 414 g/mol. The predicted molar refractivity (Wildman–Crippen MR) is 117 cm³/mol. The Labute approximate surface area is 179 Å². The Morgan fingerprint density at radius 1 is 1.07 bits per heavy atom. The maximum Gasteiger partial charge on any atom is 0.274 e. The summed E-state index contributed by atoms with van der Waals surface area (Å²) in [6, 6.07) is 3.75. The minimum atomic E-state index is -0.0965. The van der Waals surface area contributed by atoms with Gasteiger partial charge < -0.3 is 14.8 Å². The number of aromatic nitrogens is 1. The van der Waals surface area contributed by atoms with Gasteiger partial charge in [0.2, 0.25) is 11.8 Å². The van der Waals surface area contributed by atoms with E-state index < -0.39 is 0 Å². The third kappa shape index (κ3) is 4.47. The number of hydrogen-bond donors (Lipinski definition) is 1. The zero-order chi connectivity index (χ0) is 21.5.